The SMILES string of the molecule is CN(C)C(=O)CNC(=NCc1cccc(N(C)C)n1)NC1CCc2ccccc2C1. The zero-order valence-electron chi connectivity index (χ0n) is 18.4. The van der Waals surface area contributed by atoms with E-state index in [0.717, 1.165) is 30.8 Å². The number of aromatic nitrogens is 1. The van der Waals surface area contributed by atoms with Gasteiger partial charge in [0.1, 0.15) is 5.82 Å². The summed E-state index contributed by atoms with van der Waals surface area (Å²) in [5.41, 5.74) is 3.69. The topological polar surface area (TPSA) is 72.9 Å². The maximum Gasteiger partial charge on any atom is 0.241 e. The van der Waals surface area contributed by atoms with Gasteiger partial charge in [-0.05, 0) is 42.5 Å². The number of pyridine rings is 1. The van der Waals surface area contributed by atoms with Gasteiger partial charge in [0.25, 0.3) is 0 Å². The van der Waals surface area contributed by atoms with Crippen LogP contribution < -0.4 is 15.5 Å². The molecule has 0 fully saturated rings. The van der Waals surface area contributed by atoms with Crippen LogP contribution in [-0.2, 0) is 24.2 Å². The number of benzene rings is 1. The molecule has 2 N–H and O–H groups in total. The number of guanidine groups is 1. The van der Waals surface area contributed by atoms with Gasteiger partial charge in [0.05, 0.1) is 18.8 Å². The number of anilines is 1. The van der Waals surface area contributed by atoms with Gasteiger partial charge in [-0.25, -0.2) is 9.98 Å². The Kier molecular flexibility index (Phi) is 7.27. The second-order valence-electron chi connectivity index (χ2n) is 8.04. The summed E-state index contributed by atoms with van der Waals surface area (Å²) in [7, 11) is 7.45. The van der Waals surface area contributed by atoms with E-state index >= 15 is 0 Å². The first kappa shape index (κ1) is 21.6. The average Bonchev–Trinajstić information content (AvgIpc) is 2.75. The molecule has 0 saturated carbocycles. The van der Waals surface area contributed by atoms with Gasteiger partial charge in [-0.1, -0.05) is 30.3 Å². The summed E-state index contributed by atoms with van der Waals surface area (Å²) in [6.45, 7) is 0.643. The number of hydrogen-bond acceptors (Lipinski definition) is 4. The van der Waals surface area contributed by atoms with E-state index in [4.69, 9.17) is 4.99 Å². The molecule has 0 saturated heterocycles. The standard InChI is InChI=1S/C23H32N6O/c1-28(2)21-11-7-10-20(26-21)15-24-23(25-16-22(30)29(3)4)27-19-13-12-17-8-5-6-9-18(17)14-19/h5-11,19H,12-16H2,1-4H3,(H2,24,25,27). The van der Waals surface area contributed by atoms with E-state index in [-0.39, 0.29) is 18.5 Å². The van der Waals surface area contributed by atoms with Crippen LogP contribution in [0.5, 0.6) is 0 Å². The molecule has 0 radical (unpaired) electrons. The Morgan fingerprint density at radius 1 is 1.10 bits per heavy atom. The number of amides is 1. The number of aryl methyl sites for hydroxylation is 1. The molecule has 1 atom stereocenters. The lowest BCUT2D eigenvalue weighted by Gasteiger charge is -2.27. The van der Waals surface area contributed by atoms with Crippen molar-refractivity contribution in [2.24, 2.45) is 4.99 Å². The molecule has 1 aliphatic rings. The first-order valence-corrected chi connectivity index (χ1v) is 10.4. The van der Waals surface area contributed by atoms with Gasteiger partial charge in [0.15, 0.2) is 5.96 Å². The van der Waals surface area contributed by atoms with Crippen molar-refractivity contribution >= 4 is 17.7 Å². The van der Waals surface area contributed by atoms with Crippen LogP contribution in [0.25, 0.3) is 0 Å². The van der Waals surface area contributed by atoms with E-state index in [1.807, 2.05) is 37.2 Å². The van der Waals surface area contributed by atoms with Gasteiger partial charge in [0.2, 0.25) is 5.91 Å². The molecular weight excluding hydrogens is 376 g/mol. The van der Waals surface area contributed by atoms with Crippen LogP contribution in [0.15, 0.2) is 47.5 Å². The van der Waals surface area contributed by atoms with Crippen LogP contribution in [0.4, 0.5) is 5.82 Å². The van der Waals surface area contributed by atoms with Crippen LogP contribution in [0.1, 0.15) is 23.2 Å². The van der Waals surface area contributed by atoms with E-state index < -0.39 is 0 Å². The number of rotatable bonds is 6. The fraction of sp³-hybridized carbons (Fsp3) is 0.435. The van der Waals surface area contributed by atoms with Crippen molar-refractivity contribution in [3.05, 3.63) is 59.3 Å². The van der Waals surface area contributed by atoms with E-state index in [1.54, 1.807) is 19.0 Å². The first-order chi connectivity index (χ1) is 14.4. The second kappa shape index (κ2) is 10.1. The highest BCUT2D eigenvalue weighted by Crippen LogP contribution is 2.21. The largest absolute Gasteiger partial charge is 0.363 e. The lowest BCUT2D eigenvalue weighted by Crippen LogP contribution is -2.48. The van der Waals surface area contributed by atoms with Gasteiger partial charge in [-0.15, -0.1) is 0 Å². The predicted molar refractivity (Wildman–Crippen MR) is 122 cm³/mol. The first-order valence-electron chi connectivity index (χ1n) is 10.4. The quantitative estimate of drug-likeness (QED) is 0.564. The normalized spacial score (nSPS) is 15.9. The summed E-state index contributed by atoms with van der Waals surface area (Å²) in [6, 6.07) is 14.8. The summed E-state index contributed by atoms with van der Waals surface area (Å²) < 4.78 is 0. The fourth-order valence-electron chi connectivity index (χ4n) is 3.45. The number of fused-ring (bicyclic) bond motifs is 1. The molecule has 7 nitrogen and oxygen atoms in total. The molecule has 7 heteroatoms. The van der Waals surface area contributed by atoms with E-state index in [9.17, 15) is 4.79 Å². The average molecular weight is 409 g/mol. The minimum Gasteiger partial charge on any atom is -0.363 e. The number of hydrogen-bond donors (Lipinski definition) is 2. The van der Waals surface area contributed by atoms with Crippen molar-refractivity contribution < 1.29 is 4.79 Å². The monoisotopic (exact) mass is 408 g/mol. The molecule has 0 bridgehead atoms. The Balaban J connectivity index is 1.70. The highest BCUT2D eigenvalue weighted by Gasteiger charge is 2.19. The number of likely N-dealkylation sites (N-methyl/N-ethyl adjacent to an activating group) is 1. The molecule has 3 rings (SSSR count). The van der Waals surface area contributed by atoms with Gasteiger partial charge in [-0.2, -0.15) is 0 Å². The zero-order chi connectivity index (χ0) is 21.5. The molecule has 1 amide bonds. The molecule has 1 aliphatic carbocycles. The van der Waals surface area contributed by atoms with E-state index in [2.05, 4.69) is 39.9 Å². The van der Waals surface area contributed by atoms with Crippen LogP contribution in [-0.4, -0.2) is 62.5 Å². The maximum atomic E-state index is 12.1. The number of nitrogens with one attached hydrogen (secondary N) is 2. The smallest absolute Gasteiger partial charge is 0.241 e. The number of carbonyl (C=O) groups is 1. The lowest BCUT2D eigenvalue weighted by atomic mass is 9.88. The van der Waals surface area contributed by atoms with Gasteiger partial charge in [-0.3, -0.25) is 4.79 Å². The third-order valence-corrected chi connectivity index (χ3v) is 5.24. The molecule has 1 aromatic carbocycles. The Hall–Kier alpha value is -3.09. The molecule has 0 spiro atoms. The second-order valence-corrected chi connectivity index (χ2v) is 8.04. The molecule has 1 heterocycles. The molecule has 30 heavy (non-hydrogen) atoms. The van der Waals surface area contributed by atoms with Crippen LogP contribution in [0.3, 0.4) is 0 Å². The van der Waals surface area contributed by atoms with Crippen molar-refractivity contribution in [3.63, 3.8) is 0 Å². The highest BCUT2D eigenvalue weighted by atomic mass is 16.2. The van der Waals surface area contributed by atoms with Crippen molar-refractivity contribution in [2.45, 2.75) is 31.8 Å². The van der Waals surface area contributed by atoms with Crippen LogP contribution in [0, 0.1) is 0 Å². The third-order valence-electron chi connectivity index (χ3n) is 5.24. The van der Waals surface area contributed by atoms with Crippen molar-refractivity contribution in [3.8, 4) is 0 Å². The Morgan fingerprint density at radius 3 is 2.60 bits per heavy atom. The Labute approximate surface area is 179 Å². The van der Waals surface area contributed by atoms with Crippen molar-refractivity contribution in [1.29, 1.82) is 0 Å². The Bertz CT molecular complexity index is 893. The minimum absolute atomic E-state index is 0.00576. The summed E-state index contributed by atoms with van der Waals surface area (Å²) >= 11 is 0. The predicted octanol–water partition coefficient (Wildman–Crippen LogP) is 1.83. The number of nitrogens with zero attached hydrogens (tertiary/aromatic N) is 4. The van der Waals surface area contributed by atoms with Crippen LogP contribution >= 0.6 is 0 Å². The molecule has 0 aliphatic heterocycles. The third kappa shape index (κ3) is 5.95. The molecular formula is C23H32N6O. The molecule has 160 valence electrons. The van der Waals surface area contributed by atoms with Gasteiger partial charge < -0.3 is 20.4 Å². The summed E-state index contributed by atoms with van der Waals surface area (Å²) in [6.07, 6.45) is 3.03. The molecule has 1 unspecified atom stereocenters. The van der Waals surface area contributed by atoms with E-state index in [0.29, 0.717) is 12.5 Å². The Morgan fingerprint density at radius 2 is 1.87 bits per heavy atom. The van der Waals surface area contributed by atoms with Gasteiger partial charge >= 0.3 is 0 Å². The fourth-order valence-corrected chi connectivity index (χ4v) is 3.45. The minimum atomic E-state index is 0.00576. The summed E-state index contributed by atoms with van der Waals surface area (Å²) in [5, 5.41) is 6.72. The van der Waals surface area contributed by atoms with Crippen LogP contribution in [0.2, 0.25) is 0 Å². The highest BCUT2D eigenvalue weighted by molar-refractivity contribution is 5.86. The summed E-state index contributed by atoms with van der Waals surface area (Å²) in [4.78, 5) is 25.0. The summed E-state index contributed by atoms with van der Waals surface area (Å²) in [5.74, 6) is 1.55. The number of carbonyl (C=O) groups excluding carboxylic acids is 1. The molecule has 2 aromatic rings. The maximum absolute atomic E-state index is 12.1. The number of aliphatic imine (C=N–C) groups is 1. The van der Waals surface area contributed by atoms with Crippen molar-refractivity contribution in [1.82, 2.24) is 20.5 Å². The van der Waals surface area contributed by atoms with Crippen molar-refractivity contribution in [2.75, 3.05) is 39.6 Å². The van der Waals surface area contributed by atoms with E-state index in [1.165, 1.54) is 11.1 Å². The lowest BCUT2D eigenvalue weighted by molar-refractivity contribution is -0.127. The zero-order valence-corrected chi connectivity index (χ0v) is 18.4. The van der Waals surface area contributed by atoms with Gasteiger partial charge in [0, 0.05) is 34.2 Å². The molecule has 1 aromatic heterocycles.